The number of carbonyl (C=O) groups is 2. The second-order valence-electron chi connectivity index (χ2n) is 5.52. The molecule has 0 aromatic heterocycles. The molecule has 1 N–H and O–H groups in total. The van der Waals surface area contributed by atoms with Crippen LogP contribution in [0.5, 0.6) is 0 Å². The van der Waals surface area contributed by atoms with Gasteiger partial charge >= 0.3 is 0 Å². The molecule has 0 bridgehead atoms. The van der Waals surface area contributed by atoms with Crippen LogP contribution < -0.4 is 0 Å². The van der Waals surface area contributed by atoms with Crippen molar-refractivity contribution in [3.63, 3.8) is 0 Å². The van der Waals surface area contributed by atoms with Crippen molar-refractivity contribution in [1.29, 1.82) is 0 Å². The fourth-order valence-corrected chi connectivity index (χ4v) is 2.72. The predicted octanol–water partition coefficient (Wildman–Crippen LogP) is 3.62. The van der Waals surface area contributed by atoms with E-state index in [4.69, 9.17) is 0 Å². The SMILES string of the molecule is CCCN=C(C1=C(O)c2ccccc2C(=O)C1=O)c1ccccc1. The Hall–Kier alpha value is -3.01. The van der Waals surface area contributed by atoms with Gasteiger partial charge in [-0.05, 0) is 6.42 Å². The number of allylic oxidation sites excluding steroid dienone is 1. The van der Waals surface area contributed by atoms with Gasteiger partial charge in [0.2, 0.25) is 11.6 Å². The van der Waals surface area contributed by atoms with Gasteiger partial charge in [-0.15, -0.1) is 0 Å². The Morgan fingerprint density at radius 1 is 0.917 bits per heavy atom. The molecule has 120 valence electrons. The minimum absolute atomic E-state index is 0.0154. The zero-order chi connectivity index (χ0) is 17.1. The molecule has 0 radical (unpaired) electrons. The first-order valence-electron chi connectivity index (χ1n) is 7.87. The molecule has 0 aliphatic heterocycles. The number of ketones is 2. The average molecular weight is 319 g/mol. The zero-order valence-corrected chi connectivity index (χ0v) is 13.3. The van der Waals surface area contributed by atoms with Crippen LogP contribution in [0.15, 0.2) is 65.2 Å². The lowest BCUT2D eigenvalue weighted by Gasteiger charge is -2.19. The quantitative estimate of drug-likeness (QED) is 0.691. The molecule has 0 heterocycles. The van der Waals surface area contributed by atoms with Crippen LogP contribution in [0.3, 0.4) is 0 Å². The van der Waals surface area contributed by atoms with Crippen molar-refractivity contribution in [2.24, 2.45) is 4.99 Å². The van der Waals surface area contributed by atoms with Gasteiger partial charge in [0.15, 0.2) is 0 Å². The van der Waals surface area contributed by atoms with Crippen LogP contribution >= 0.6 is 0 Å². The number of Topliss-reactive ketones (excluding diaryl/α,β-unsaturated/α-hetero) is 2. The van der Waals surface area contributed by atoms with Crippen LogP contribution in [0, 0.1) is 0 Å². The van der Waals surface area contributed by atoms with Gasteiger partial charge in [0.1, 0.15) is 5.76 Å². The first-order chi connectivity index (χ1) is 11.6. The lowest BCUT2D eigenvalue weighted by atomic mass is 9.84. The summed E-state index contributed by atoms with van der Waals surface area (Å²) in [4.78, 5) is 29.5. The highest BCUT2D eigenvalue weighted by molar-refractivity contribution is 6.59. The topological polar surface area (TPSA) is 66.7 Å². The summed E-state index contributed by atoms with van der Waals surface area (Å²) in [6.07, 6.45) is 0.795. The number of hydrogen-bond acceptors (Lipinski definition) is 4. The van der Waals surface area contributed by atoms with Crippen LogP contribution in [0.25, 0.3) is 5.76 Å². The molecule has 4 nitrogen and oxygen atoms in total. The molecule has 0 amide bonds. The molecule has 0 spiro atoms. The van der Waals surface area contributed by atoms with Gasteiger partial charge in [-0.1, -0.05) is 61.5 Å². The summed E-state index contributed by atoms with van der Waals surface area (Å²) in [6, 6.07) is 15.7. The van der Waals surface area contributed by atoms with Crippen molar-refractivity contribution in [2.75, 3.05) is 6.54 Å². The van der Waals surface area contributed by atoms with Gasteiger partial charge in [0.25, 0.3) is 0 Å². The number of benzene rings is 2. The van der Waals surface area contributed by atoms with E-state index in [1.165, 1.54) is 0 Å². The molecule has 1 aliphatic carbocycles. The third-order valence-corrected chi connectivity index (χ3v) is 3.87. The Kier molecular flexibility index (Phi) is 4.38. The summed E-state index contributed by atoms with van der Waals surface area (Å²) in [5.41, 5.74) is 1.65. The summed E-state index contributed by atoms with van der Waals surface area (Å²) in [7, 11) is 0. The number of carbonyl (C=O) groups excluding carboxylic acids is 2. The standard InChI is InChI=1S/C20H17NO3/c1-2-12-21-17(13-8-4-3-5-9-13)16-18(22)14-10-6-7-11-15(14)19(23)20(16)24/h3-11,22H,2,12H2,1H3. The second kappa shape index (κ2) is 6.62. The fourth-order valence-electron chi connectivity index (χ4n) is 2.72. The van der Waals surface area contributed by atoms with Gasteiger partial charge in [0.05, 0.1) is 11.3 Å². The van der Waals surface area contributed by atoms with E-state index in [2.05, 4.69) is 4.99 Å². The van der Waals surface area contributed by atoms with E-state index < -0.39 is 11.6 Å². The highest BCUT2D eigenvalue weighted by atomic mass is 16.3. The Morgan fingerprint density at radius 2 is 1.54 bits per heavy atom. The molecule has 0 fully saturated rings. The largest absolute Gasteiger partial charge is 0.506 e. The van der Waals surface area contributed by atoms with Crippen molar-refractivity contribution in [3.8, 4) is 0 Å². The lowest BCUT2D eigenvalue weighted by Crippen LogP contribution is -2.29. The maximum absolute atomic E-state index is 12.6. The Labute approximate surface area is 140 Å². The van der Waals surface area contributed by atoms with E-state index in [0.717, 1.165) is 6.42 Å². The van der Waals surface area contributed by atoms with Crippen LogP contribution in [0.4, 0.5) is 0 Å². The number of aliphatic imine (C=N–C) groups is 1. The molecule has 2 aromatic carbocycles. The molecular weight excluding hydrogens is 302 g/mol. The van der Waals surface area contributed by atoms with Crippen LogP contribution in [-0.4, -0.2) is 28.9 Å². The normalized spacial score (nSPS) is 14.8. The van der Waals surface area contributed by atoms with Crippen molar-refractivity contribution < 1.29 is 14.7 Å². The van der Waals surface area contributed by atoms with E-state index >= 15 is 0 Å². The lowest BCUT2D eigenvalue weighted by molar-refractivity contribution is -0.111. The molecule has 0 unspecified atom stereocenters. The third kappa shape index (κ3) is 2.67. The van der Waals surface area contributed by atoms with Crippen LogP contribution in [0.1, 0.15) is 34.8 Å². The molecule has 2 aromatic rings. The first kappa shape index (κ1) is 15.9. The number of aliphatic hydroxyl groups is 1. The van der Waals surface area contributed by atoms with Crippen molar-refractivity contribution in [1.82, 2.24) is 0 Å². The van der Waals surface area contributed by atoms with Gasteiger partial charge < -0.3 is 5.11 Å². The van der Waals surface area contributed by atoms with Gasteiger partial charge in [0, 0.05) is 23.2 Å². The number of aliphatic hydroxyl groups excluding tert-OH is 1. The van der Waals surface area contributed by atoms with E-state index in [9.17, 15) is 14.7 Å². The summed E-state index contributed by atoms with van der Waals surface area (Å²) < 4.78 is 0. The Balaban J connectivity index is 2.24. The third-order valence-electron chi connectivity index (χ3n) is 3.87. The second-order valence-corrected chi connectivity index (χ2v) is 5.52. The van der Waals surface area contributed by atoms with E-state index in [-0.39, 0.29) is 16.9 Å². The minimum Gasteiger partial charge on any atom is -0.506 e. The monoisotopic (exact) mass is 319 g/mol. The molecule has 3 rings (SSSR count). The molecule has 0 saturated heterocycles. The van der Waals surface area contributed by atoms with Crippen LogP contribution in [-0.2, 0) is 4.79 Å². The first-order valence-corrected chi connectivity index (χ1v) is 7.87. The van der Waals surface area contributed by atoms with Crippen molar-refractivity contribution in [3.05, 3.63) is 76.9 Å². The molecule has 0 saturated carbocycles. The average Bonchev–Trinajstić information content (AvgIpc) is 2.63. The van der Waals surface area contributed by atoms with Gasteiger partial charge in [-0.25, -0.2) is 0 Å². The summed E-state index contributed by atoms with van der Waals surface area (Å²) in [5, 5.41) is 10.7. The summed E-state index contributed by atoms with van der Waals surface area (Å²) in [6.45, 7) is 2.48. The fraction of sp³-hybridized carbons (Fsp3) is 0.150. The summed E-state index contributed by atoms with van der Waals surface area (Å²) in [5.74, 6) is -1.52. The highest BCUT2D eigenvalue weighted by Gasteiger charge is 2.35. The molecule has 0 atom stereocenters. The number of nitrogens with zero attached hydrogens (tertiary/aromatic N) is 1. The highest BCUT2D eigenvalue weighted by Crippen LogP contribution is 2.30. The maximum Gasteiger partial charge on any atom is 0.239 e. The molecular formula is C20H17NO3. The number of rotatable bonds is 4. The van der Waals surface area contributed by atoms with E-state index in [0.29, 0.717) is 23.4 Å². The molecule has 24 heavy (non-hydrogen) atoms. The predicted molar refractivity (Wildman–Crippen MR) is 93.5 cm³/mol. The molecule has 4 heteroatoms. The van der Waals surface area contributed by atoms with Crippen LogP contribution in [0.2, 0.25) is 0 Å². The summed E-state index contributed by atoms with van der Waals surface area (Å²) >= 11 is 0. The van der Waals surface area contributed by atoms with Gasteiger partial charge in [-0.2, -0.15) is 0 Å². The maximum atomic E-state index is 12.6. The van der Waals surface area contributed by atoms with Crippen molar-refractivity contribution in [2.45, 2.75) is 13.3 Å². The van der Waals surface area contributed by atoms with Crippen molar-refractivity contribution >= 4 is 23.0 Å². The Morgan fingerprint density at radius 3 is 2.21 bits per heavy atom. The van der Waals surface area contributed by atoms with Gasteiger partial charge in [-0.3, -0.25) is 14.6 Å². The zero-order valence-electron chi connectivity index (χ0n) is 13.3. The minimum atomic E-state index is -0.718. The van der Waals surface area contributed by atoms with E-state index in [1.807, 2.05) is 37.3 Å². The number of hydrogen-bond donors (Lipinski definition) is 1. The number of fused-ring (bicyclic) bond motifs is 1. The smallest absolute Gasteiger partial charge is 0.239 e. The molecule has 1 aliphatic rings. The van der Waals surface area contributed by atoms with E-state index in [1.54, 1.807) is 24.3 Å². The Bertz CT molecular complexity index is 863.